The molecule has 0 atom stereocenters. The maximum Gasteiger partial charge on any atom is 0.337 e. The molecule has 154 valence electrons. The Labute approximate surface area is 172 Å². The van der Waals surface area contributed by atoms with Gasteiger partial charge in [-0.2, -0.15) is 0 Å². The minimum Gasteiger partial charge on any atom is -0.478 e. The number of aromatic nitrogens is 1. The van der Waals surface area contributed by atoms with Crippen LogP contribution in [0.25, 0.3) is 11.1 Å². The van der Waals surface area contributed by atoms with Crippen molar-refractivity contribution in [3.05, 3.63) is 53.9 Å². The van der Waals surface area contributed by atoms with Gasteiger partial charge in [-0.1, -0.05) is 24.3 Å². The molecule has 0 bridgehead atoms. The third-order valence-electron chi connectivity index (χ3n) is 5.42. The van der Waals surface area contributed by atoms with Gasteiger partial charge in [0.15, 0.2) is 0 Å². The van der Waals surface area contributed by atoms with Crippen LogP contribution in [0.4, 0.5) is 0 Å². The maximum absolute atomic E-state index is 12.1. The zero-order valence-corrected chi connectivity index (χ0v) is 17.4. The van der Waals surface area contributed by atoms with Gasteiger partial charge in [-0.25, -0.2) is 4.79 Å². The van der Waals surface area contributed by atoms with Crippen LogP contribution in [0, 0.1) is 5.92 Å². The van der Waals surface area contributed by atoms with Gasteiger partial charge in [0, 0.05) is 24.4 Å². The SMILES string of the molecule is CC(C)(C)OC(=O)CC1CCC(c2ccc(-c3cncc(C(=O)O)c3)cc2)CC1. The van der Waals surface area contributed by atoms with Gasteiger partial charge in [0.1, 0.15) is 5.60 Å². The summed E-state index contributed by atoms with van der Waals surface area (Å²) < 4.78 is 5.45. The summed E-state index contributed by atoms with van der Waals surface area (Å²) in [5.74, 6) is -0.158. The average molecular weight is 395 g/mol. The van der Waals surface area contributed by atoms with E-state index in [1.165, 1.54) is 11.8 Å². The number of carboxylic acid groups (broad SMARTS) is 1. The van der Waals surface area contributed by atoms with Crippen LogP contribution in [0.1, 0.15) is 74.7 Å². The number of carbonyl (C=O) groups is 2. The monoisotopic (exact) mass is 395 g/mol. The van der Waals surface area contributed by atoms with E-state index in [0.29, 0.717) is 18.3 Å². The lowest BCUT2D eigenvalue weighted by Crippen LogP contribution is -2.26. The topological polar surface area (TPSA) is 76.5 Å². The Morgan fingerprint density at radius 3 is 2.28 bits per heavy atom. The molecule has 29 heavy (non-hydrogen) atoms. The molecule has 1 saturated carbocycles. The first kappa shape index (κ1) is 21.0. The molecule has 0 spiro atoms. The lowest BCUT2D eigenvalue weighted by atomic mass is 9.77. The number of hydrogen-bond donors (Lipinski definition) is 1. The van der Waals surface area contributed by atoms with Gasteiger partial charge in [-0.05, 0) is 75.5 Å². The summed E-state index contributed by atoms with van der Waals surface area (Å²) in [6.45, 7) is 5.71. The van der Waals surface area contributed by atoms with Gasteiger partial charge in [-0.3, -0.25) is 9.78 Å². The van der Waals surface area contributed by atoms with E-state index in [-0.39, 0.29) is 11.5 Å². The Balaban J connectivity index is 1.57. The van der Waals surface area contributed by atoms with Gasteiger partial charge in [-0.15, -0.1) is 0 Å². The van der Waals surface area contributed by atoms with Crippen molar-refractivity contribution in [2.45, 2.75) is 64.4 Å². The van der Waals surface area contributed by atoms with E-state index in [4.69, 9.17) is 9.84 Å². The number of nitrogens with zero attached hydrogens (tertiary/aromatic N) is 1. The fourth-order valence-electron chi connectivity index (χ4n) is 3.98. The molecule has 1 aliphatic rings. The number of carboxylic acids is 1. The number of carbonyl (C=O) groups excluding carboxylic acids is 1. The van der Waals surface area contributed by atoms with E-state index >= 15 is 0 Å². The number of rotatable bonds is 5. The van der Waals surface area contributed by atoms with Crippen LogP contribution in [0.5, 0.6) is 0 Å². The number of benzene rings is 1. The van der Waals surface area contributed by atoms with E-state index in [9.17, 15) is 9.59 Å². The highest BCUT2D eigenvalue weighted by Crippen LogP contribution is 2.38. The molecule has 2 aromatic rings. The predicted molar refractivity (Wildman–Crippen MR) is 112 cm³/mol. The van der Waals surface area contributed by atoms with Crippen molar-refractivity contribution >= 4 is 11.9 Å². The zero-order chi connectivity index (χ0) is 21.0. The zero-order valence-electron chi connectivity index (χ0n) is 17.4. The second kappa shape index (κ2) is 8.76. The van der Waals surface area contributed by atoms with Crippen molar-refractivity contribution in [2.75, 3.05) is 0 Å². The second-order valence-electron chi connectivity index (χ2n) is 8.90. The van der Waals surface area contributed by atoms with Crippen LogP contribution in [0.3, 0.4) is 0 Å². The molecule has 0 aliphatic heterocycles. The fourth-order valence-corrected chi connectivity index (χ4v) is 3.98. The van der Waals surface area contributed by atoms with E-state index in [0.717, 1.165) is 36.8 Å². The number of aromatic carboxylic acids is 1. The molecule has 1 N–H and O–H groups in total. The summed E-state index contributed by atoms with van der Waals surface area (Å²) >= 11 is 0. The van der Waals surface area contributed by atoms with E-state index in [2.05, 4.69) is 17.1 Å². The van der Waals surface area contributed by atoms with Crippen LogP contribution >= 0.6 is 0 Å². The smallest absolute Gasteiger partial charge is 0.337 e. The predicted octanol–water partition coefficient (Wildman–Crippen LogP) is 5.45. The quantitative estimate of drug-likeness (QED) is 0.681. The van der Waals surface area contributed by atoms with Crippen molar-refractivity contribution in [1.29, 1.82) is 0 Å². The molecule has 1 aliphatic carbocycles. The standard InChI is InChI=1S/C24H29NO4/c1-24(2,3)29-22(26)12-16-4-6-17(7-5-16)18-8-10-19(11-9-18)20-13-21(23(27)28)15-25-14-20/h8-11,13-17H,4-7,12H2,1-3H3,(H,27,28). The van der Waals surface area contributed by atoms with Crippen molar-refractivity contribution in [3.63, 3.8) is 0 Å². The van der Waals surface area contributed by atoms with Crippen molar-refractivity contribution < 1.29 is 19.4 Å². The lowest BCUT2D eigenvalue weighted by molar-refractivity contribution is -0.156. The Hall–Kier alpha value is -2.69. The van der Waals surface area contributed by atoms with Crippen LogP contribution in [-0.2, 0) is 9.53 Å². The molecule has 1 aromatic carbocycles. The molecule has 5 heteroatoms. The molecule has 0 unspecified atom stereocenters. The van der Waals surface area contributed by atoms with E-state index < -0.39 is 11.6 Å². The first-order chi connectivity index (χ1) is 13.7. The molecule has 0 saturated heterocycles. The van der Waals surface area contributed by atoms with Crippen LogP contribution in [-0.4, -0.2) is 27.6 Å². The van der Waals surface area contributed by atoms with Crippen molar-refractivity contribution in [1.82, 2.24) is 4.98 Å². The largest absolute Gasteiger partial charge is 0.478 e. The lowest BCUT2D eigenvalue weighted by Gasteiger charge is -2.29. The van der Waals surface area contributed by atoms with Crippen molar-refractivity contribution in [2.24, 2.45) is 5.92 Å². The summed E-state index contributed by atoms with van der Waals surface area (Å²) in [6.07, 6.45) is 7.77. The highest BCUT2D eigenvalue weighted by molar-refractivity contribution is 5.88. The Morgan fingerprint density at radius 2 is 1.69 bits per heavy atom. The molecule has 3 rings (SSSR count). The fraction of sp³-hybridized carbons (Fsp3) is 0.458. The molecule has 0 radical (unpaired) electrons. The molecule has 5 nitrogen and oxygen atoms in total. The third kappa shape index (κ3) is 5.89. The molecule has 1 aromatic heterocycles. The minimum atomic E-state index is -0.973. The minimum absolute atomic E-state index is 0.0949. The molecular formula is C24H29NO4. The summed E-state index contributed by atoms with van der Waals surface area (Å²) in [5, 5.41) is 9.13. The van der Waals surface area contributed by atoms with E-state index in [1.807, 2.05) is 32.9 Å². The number of ether oxygens (including phenoxy) is 1. The van der Waals surface area contributed by atoms with E-state index in [1.54, 1.807) is 12.3 Å². The molecular weight excluding hydrogens is 366 g/mol. The van der Waals surface area contributed by atoms with Gasteiger partial charge >= 0.3 is 11.9 Å². The first-order valence-corrected chi connectivity index (χ1v) is 10.2. The van der Waals surface area contributed by atoms with Crippen molar-refractivity contribution in [3.8, 4) is 11.1 Å². The highest BCUT2D eigenvalue weighted by atomic mass is 16.6. The molecule has 0 amide bonds. The van der Waals surface area contributed by atoms with Gasteiger partial charge < -0.3 is 9.84 Å². The van der Waals surface area contributed by atoms with Crippen LogP contribution in [0.15, 0.2) is 42.7 Å². The molecule has 1 fully saturated rings. The number of pyridine rings is 1. The summed E-state index contributed by atoms with van der Waals surface area (Å²) in [5.41, 5.74) is 2.83. The Bertz CT molecular complexity index is 859. The van der Waals surface area contributed by atoms with Gasteiger partial charge in [0.2, 0.25) is 0 Å². The first-order valence-electron chi connectivity index (χ1n) is 10.2. The van der Waals surface area contributed by atoms with Crippen LogP contribution in [0.2, 0.25) is 0 Å². The number of hydrogen-bond acceptors (Lipinski definition) is 4. The number of esters is 1. The summed E-state index contributed by atoms with van der Waals surface area (Å²) in [4.78, 5) is 27.2. The van der Waals surface area contributed by atoms with Gasteiger partial charge in [0.05, 0.1) is 5.56 Å². The average Bonchev–Trinajstić information content (AvgIpc) is 2.67. The normalized spacial score (nSPS) is 19.6. The van der Waals surface area contributed by atoms with Gasteiger partial charge in [0.25, 0.3) is 0 Å². The second-order valence-corrected chi connectivity index (χ2v) is 8.90. The Morgan fingerprint density at radius 1 is 1.03 bits per heavy atom. The Kier molecular flexibility index (Phi) is 6.36. The summed E-state index contributed by atoms with van der Waals surface area (Å²) in [6, 6.07) is 9.96. The maximum atomic E-state index is 12.1. The molecule has 1 heterocycles. The highest BCUT2D eigenvalue weighted by Gasteiger charge is 2.26. The summed E-state index contributed by atoms with van der Waals surface area (Å²) in [7, 11) is 0. The third-order valence-corrected chi connectivity index (χ3v) is 5.42. The van der Waals surface area contributed by atoms with Crippen LogP contribution < -0.4 is 0 Å².